The second kappa shape index (κ2) is 11.4. The molecule has 2 aromatic rings. The van der Waals surface area contributed by atoms with Crippen LogP contribution in [0.5, 0.6) is 0 Å². The van der Waals surface area contributed by atoms with E-state index >= 15 is 0 Å². The number of carbonyl (C=O) groups excluding carboxylic acids is 2. The van der Waals surface area contributed by atoms with Gasteiger partial charge in [0.05, 0.1) is 6.42 Å². The fourth-order valence-corrected chi connectivity index (χ4v) is 5.49. The maximum Gasteiger partial charge on any atom is 0.245 e. The number of piperidine rings is 2. The van der Waals surface area contributed by atoms with Gasteiger partial charge < -0.3 is 15.1 Å². The molecule has 5 nitrogen and oxygen atoms in total. The van der Waals surface area contributed by atoms with E-state index in [1.54, 1.807) is 0 Å². The first kappa shape index (κ1) is 24.7. The molecule has 2 unspecified atom stereocenters. The van der Waals surface area contributed by atoms with Crippen molar-refractivity contribution in [3.05, 3.63) is 48.0 Å². The SMILES string of the molecule is CC1CCN(CC2CCCN(C(=O)C(NC(=O)Cc3ccc4ccccc4c3)C(C)C)C2)CC1. The van der Waals surface area contributed by atoms with Crippen molar-refractivity contribution >= 4 is 22.6 Å². The molecule has 0 bridgehead atoms. The zero-order valence-electron chi connectivity index (χ0n) is 21.1. The van der Waals surface area contributed by atoms with E-state index in [1.165, 1.54) is 37.7 Å². The number of hydrogen-bond donors (Lipinski definition) is 1. The molecule has 1 N–H and O–H groups in total. The topological polar surface area (TPSA) is 52.6 Å². The van der Waals surface area contributed by atoms with E-state index < -0.39 is 6.04 Å². The van der Waals surface area contributed by atoms with Crippen molar-refractivity contribution in [2.75, 3.05) is 32.7 Å². The van der Waals surface area contributed by atoms with Crippen LogP contribution in [0.4, 0.5) is 0 Å². The van der Waals surface area contributed by atoms with Crippen molar-refractivity contribution in [1.29, 1.82) is 0 Å². The summed E-state index contributed by atoms with van der Waals surface area (Å²) in [5.74, 6) is 1.42. The summed E-state index contributed by atoms with van der Waals surface area (Å²) >= 11 is 0. The molecule has 4 rings (SSSR count). The van der Waals surface area contributed by atoms with Gasteiger partial charge in [-0.3, -0.25) is 9.59 Å². The minimum absolute atomic E-state index is 0.0528. The lowest BCUT2D eigenvalue weighted by atomic mass is 9.93. The molecule has 2 amide bonds. The number of hydrogen-bond acceptors (Lipinski definition) is 3. The monoisotopic (exact) mass is 463 g/mol. The fourth-order valence-electron chi connectivity index (χ4n) is 5.49. The van der Waals surface area contributed by atoms with Gasteiger partial charge in [-0.05, 0) is 72.9 Å². The molecule has 2 aromatic carbocycles. The number of carbonyl (C=O) groups is 2. The minimum Gasteiger partial charge on any atom is -0.344 e. The van der Waals surface area contributed by atoms with E-state index in [0.717, 1.165) is 42.9 Å². The van der Waals surface area contributed by atoms with E-state index in [2.05, 4.69) is 41.4 Å². The second-order valence-corrected chi connectivity index (χ2v) is 10.9. The van der Waals surface area contributed by atoms with Gasteiger partial charge in [0.2, 0.25) is 11.8 Å². The highest BCUT2D eigenvalue weighted by atomic mass is 16.2. The van der Waals surface area contributed by atoms with E-state index in [1.807, 2.05) is 36.9 Å². The molecule has 2 atom stereocenters. The van der Waals surface area contributed by atoms with Crippen LogP contribution in [-0.2, 0) is 16.0 Å². The third-order valence-electron chi connectivity index (χ3n) is 7.65. The molecular formula is C29H41N3O2. The Labute approximate surface area is 204 Å². The third kappa shape index (κ3) is 6.38. The summed E-state index contributed by atoms with van der Waals surface area (Å²) in [4.78, 5) is 31.0. The number of amides is 2. The molecule has 0 radical (unpaired) electrons. The first-order chi connectivity index (χ1) is 16.4. The van der Waals surface area contributed by atoms with Gasteiger partial charge in [0.25, 0.3) is 0 Å². The van der Waals surface area contributed by atoms with Crippen molar-refractivity contribution in [3.8, 4) is 0 Å². The summed E-state index contributed by atoms with van der Waals surface area (Å²) in [5, 5.41) is 5.37. The number of benzene rings is 2. The summed E-state index contributed by atoms with van der Waals surface area (Å²) in [7, 11) is 0. The molecule has 184 valence electrons. The van der Waals surface area contributed by atoms with Crippen LogP contribution in [0.1, 0.15) is 52.0 Å². The van der Waals surface area contributed by atoms with Gasteiger partial charge in [-0.1, -0.05) is 63.2 Å². The molecule has 2 aliphatic heterocycles. The van der Waals surface area contributed by atoms with Gasteiger partial charge >= 0.3 is 0 Å². The summed E-state index contributed by atoms with van der Waals surface area (Å²) < 4.78 is 0. The van der Waals surface area contributed by atoms with Gasteiger partial charge in [0.1, 0.15) is 6.04 Å². The molecule has 0 spiro atoms. The van der Waals surface area contributed by atoms with Crippen molar-refractivity contribution in [3.63, 3.8) is 0 Å². The summed E-state index contributed by atoms with van der Waals surface area (Å²) in [6.45, 7) is 11.5. The number of rotatable bonds is 7. The summed E-state index contributed by atoms with van der Waals surface area (Å²) in [6.07, 6.45) is 5.10. The standard InChI is InChI=1S/C29H41N3O2/c1-21(2)28(30-27(33)18-23-10-11-25-8-4-5-9-26(25)17-23)29(34)32-14-6-7-24(20-32)19-31-15-12-22(3)13-16-31/h4-5,8-11,17,21-22,24,28H,6-7,12-16,18-20H2,1-3H3,(H,30,33). The van der Waals surface area contributed by atoms with Gasteiger partial charge in [-0.2, -0.15) is 0 Å². The molecule has 5 heteroatoms. The number of likely N-dealkylation sites (tertiary alicyclic amines) is 2. The highest BCUT2D eigenvalue weighted by molar-refractivity contribution is 5.89. The minimum atomic E-state index is -0.470. The van der Waals surface area contributed by atoms with Crippen molar-refractivity contribution in [2.24, 2.45) is 17.8 Å². The maximum atomic E-state index is 13.5. The summed E-state index contributed by atoms with van der Waals surface area (Å²) in [5.41, 5.74) is 0.972. The lowest BCUT2D eigenvalue weighted by Gasteiger charge is -2.39. The van der Waals surface area contributed by atoms with Crippen molar-refractivity contribution < 1.29 is 9.59 Å². The van der Waals surface area contributed by atoms with E-state index in [-0.39, 0.29) is 24.2 Å². The summed E-state index contributed by atoms with van der Waals surface area (Å²) in [6, 6.07) is 13.8. The molecule has 34 heavy (non-hydrogen) atoms. The fraction of sp³-hybridized carbons (Fsp3) is 0.586. The quantitative estimate of drug-likeness (QED) is 0.658. The van der Waals surface area contributed by atoms with E-state index in [0.29, 0.717) is 5.92 Å². The lowest BCUT2D eigenvalue weighted by Crippen LogP contribution is -2.54. The Balaban J connectivity index is 1.34. The van der Waals surface area contributed by atoms with Crippen LogP contribution in [-0.4, -0.2) is 60.4 Å². The second-order valence-electron chi connectivity index (χ2n) is 10.9. The Hall–Kier alpha value is -2.40. The van der Waals surface area contributed by atoms with Gasteiger partial charge in [0.15, 0.2) is 0 Å². The van der Waals surface area contributed by atoms with Gasteiger partial charge in [0, 0.05) is 19.6 Å². The number of nitrogens with zero attached hydrogens (tertiary/aromatic N) is 2. The first-order valence-corrected chi connectivity index (χ1v) is 13.2. The lowest BCUT2D eigenvalue weighted by molar-refractivity contribution is -0.139. The Morgan fingerprint density at radius 2 is 1.74 bits per heavy atom. The highest BCUT2D eigenvalue weighted by Gasteiger charge is 2.32. The van der Waals surface area contributed by atoms with Gasteiger partial charge in [-0.25, -0.2) is 0 Å². The van der Waals surface area contributed by atoms with Crippen LogP contribution in [0, 0.1) is 17.8 Å². The Kier molecular flexibility index (Phi) is 8.25. The van der Waals surface area contributed by atoms with Crippen LogP contribution < -0.4 is 5.32 Å². The molecular weight excluding hydrogens is 422 g/mol. The number of nitrogens with one attached hydrogen (secondary N) is 1. The molecule has 2 heterocycles. The molecule has 2 aliphatic rings. The zero-order chi connectivity index (χ0) is 24.1. The van der Waals surface area contributed by atoms with Crippen LogP contribution in [0.25, 0.3) is 10.8 Å². The van der Waals surface area contributed by atoms with Crippen LogP contribution in [0.3, 0.4) is 0 Å². The maximum absolute atomic E-state index is 13.5. The highest BCUT2D eigenvalue weighted by Crippen LogP contribution is 2.23. The zero-order valence-corrected chi connectivity index (χ0v) is 21.1. The Morgan fingerprint density at radius 1 is 1.00 bits per heavy atom. The molecule has 0 aromatic heterocycles. The molecule has 2 saturated heterocycles. The Morgan fingerprint density at radius 3 is 2.47 bits per heavy atom. The van der Waals surface area contributed by atoms with Crippen molar-refractivity contribution in [1.82, 2.24) is 15.1 Å². The van der Waals surface area contributed by atoms with Crippen LogP contribution >= 0.6 is 0 Å². The third-order valence-corrected chi connectivity index (χ3v) is 7.65. The Bertz CT molecular complexity index is 980. The first-order valence-electron chi connectivity index (χ1n) is 13.2. The average molecular weight is 464 g/mol. The van der Waals surface area contributed by atoms with Crippen LogP contribution in [0.15, 0.2) is 42.5 Å². The predicted octanol–water partition coefficient (Wildman–Crippen LogP) is 4.49. The van der Waals surface area contributed by atoms with Gasteiger partial charge in [-0.15, -0.1) is 0 Å². The molecule has 0 saturated carbocycles. The molecule has 2 fully saturated rings. The van der Waals surface area contributed by atoms with E-state index in [4.69, 9.17) is 0 Å². The van der Waals surface area contributed by atoms with E-state index in [9.17, 15) is 9.59 Å². The van der Waals surface area contributed by atoms with Crippen LogP contribution in [0.2, 0.25) is 0 Å². The largest absolute Gasteiger partial charge is 0.344 e. The normalized spacial score (nSPS) is 21.1. The molecule has 0 aliphatic carbocycles. The average Bonchev–Trinajstić information content (AvgIpc) is 2.83. The predicted molar refractivity (Wildman–Crippen MR) is 139 cm³/mol. The number of fused-ring (bicyclic) bond motifs is 1. The smallest absolute Gasteiger partial charge is 0.245 e. The van der Waals surface area contributed by atoms with Crippen molar-refractivity contribution in [2.45, 2.75) is 58.9 Å².